The molecular weight excluding hydrogens is 359 g/mol. The first-order valence-corrected chi connectivity index (χ1v) is 8.50. The van der Waals surface area contributed by atoms with Gasteiger partial charge >= 0.3 is 0 Å². The number of amides is 1. The molecule has 2 aromatic carbocycles. The molecule has 0 bridgehead atoms. The van der Waals surface area contributed by atoms with Crippen LogP contribution in [0.3, 0.4) is 0 Å². The number of halogens is 2. The van der Waals surface area contributed by atoms with Crippen LogP contribution in [0.4, 0.5) is 0 Å². The van der Waals surface area contributed by atoms with E-state index in [0.29, 0.717) is 28.0 Å². The normalized spacial score (nSPS) is 10.9. The number of fused-ring (bicyclic) bond motifs is 1. The topological polar surface area (TPSA) is 34.5 Å². The quantitative estimate of drug-likeness (QED) is 0.657. The Morgan fingerprint density at radius 2 is 1.92 bits per heavy atom. The van der Waals surface area contributed by atoms with Crippen molar-refractivity contribution in [2.75, 3.05) is 14.2 Å². The number of carbonyl (C=O) groups is 1. The van der Waals surface area contributed by atoms with Crippen molar-refractivity contribution < 1.29 is 9.53 Å². The Hall–Kier alpha value is -2.17. The molecule has 1 heterocycles. The average Bonchev–Trinajstić information content (AvgIpc) is 2.86. The van der Waals surface area contributed by atoms with Crippen LogP contribution >= 0.6 is 23.2 Å². The molecule has 3 rings (SSSR count). The van der Waals surface area contributed by atoms with Crippen LogP contribution in [0.25, 0.3) is 10.9 Å². The fourth-order valence-electron chi connectivity index (χ4n) is 2.96. The van der Waals surface area contributed by atoms with Gasteiger partial charge in [-0.2, -0.15) is 0 Å². The molecule has 0 fully saturated rings. The zero-order valence-corrected chi connectivity index (χ0v) is 15.7. The second kappa shape index (κ2) is 6.98. The van der Waals surface area contributed by atoms with Gasteiger partial charge in [0, 0.05) is 42.1 Å². The summed E-state index contributed by atoms with van der Waals surface area (Å²) in [6.45, 7) is 0.362. The summed E-state index contributed by atoms with van der Waals surface area (Å²) in [5.41, 5.74) is 2.22. The van der Waals surface area contributed by atoms with Gasteiger partial charge in [0.2, 0.25) is 0 Å². The Kier molecular flexibility index (Phi) is 4.93. The molecule has 130 valence electrons. The predicted octanol–water partition coefficient (Wildman–Crippen LogP) is 4.77. The number of para-hydroxylation sites is 1. The first-order valence-electron chi connectivity index (χ1n) is 7.74. The van der Waals surface area contributed by atoms with Crippen LogP contribution in [-0.2, 0) is 13.6 Å². The van der Waals surface area contributed by atoms with E-state index in [-0.39, 0.29) is 5.91 Å². The molecule has 4 nitrogen and oxygen atoms in total. The predicted molar refractivity (Wildman–Crippen MR) is 102 cm³/mol. The summed E-state index contributed by atoms with van der Waals surface area (Å²) in [5, 5.41) is 1.93. The van der Waals surface area contributed by atoms with Gasteiger partial charge < -0.3 is 14.2 Å². The molecule has 0 unspecified atom stereocenters. The van der Waals surface area contributed by atoms with E-state index >= 15 is 0 Å². The van der Waals surface area contributed by atoms with E-state index in [1.807, 2.05) is 35.9 Å². The van der Waals surface area contributed by atoms with Crippen molar-refractivity contribution in [1.82, 2.24) is 9.47 Å². The number of ether oxygens (including phenoxy) is 1. The molecule has 0 radical (unpaired) electrons. The van der Waals surface area contributed by atoms with Gasteiger partial charge in [-0.15, -0.1) is 0 Å². The highest BCUT2D eigenvalue weighted by molar-refractivity contribution is 6.38. The van der Waals surface area contributed by atoms with E-state index in [4.69, 9.17) is 27.9 Å². The lowest BCUT2D eigenvalue weighted by molar-refractivity contribution is 0.0775. The van der Waals surface area contributed by atoms with Crippen molar-refractivity contribution in [3.8, 4) is 5.75 Å². The summed E-state index contributed by atoms with van der Waals surface area (Å²) in [7, 11) is 5.17. The molecule has 1 aromatic heterocycles. The molecule has 0 aliphatic heterocycles. The van der Waals surface area contributed by atoms with Gasteiger partial charge in [-0.05, 0) is 24.3 Å². The number of carbonyl (C=O) groups excluding carboxylic acids is 1. The number of benzene rings is 2. The molecule has 0 aliphatic rings. The van der Waals surface area contributed by atoms with Crippen LogP contribution < -0.4 is 4.74 Å². The molecule has 0 atom stereocenters. The fraction of sp³-hybridized carbons (Fsp3) is 0.211. The molecule has 0 saturated heterocycles. The van der Waals surface area contributed by atoms with E-state index in [0.717, 1.165) is 16.5 Å². The third-order valence-corrected chi connectivity index (χ3v) is 4.86. The second-order valence-corrected chi connectivity index (χ2v) is 6.67. The van der Waals surface area contributed by atoms with Gasteiger partial charge in [-0.3, -0.25) is 4.79 Å². The molecule has 3 aromatic rings. The Morgan fingerprint density at radius 1 is 1.20 bits per heavy atom. The Bertz CT molecular complexity index is 911. The lowest BCUT2D eigenvalue weighted by Gasteiger charge is -2.19. The van der Waals surface area contributed by atoms with Crippen molar-refractivity contribution in [3.05, 3.63) is 63.8 Å². The highest BCUT2D eigenvalue weighted by Gasteiger charge is 2.23. The highest BCUT2D eigenvalue weighted by atomic mass is 35.5. The van der Waals surface area contributed by atoms with Gasteiger partial charge in [-0.25, -0.2) is 0 Å². The molecule has 1 amide bonds. The number of nitrogens with zero attached hydrogens (tertiary/aromatic N) is 2. The largest absolute Gasteiger partial charge is 0.496 e. The van der Waals surface area contributed by atoms with Crippen LogP contribution in [0, 0.1) is 0 Å². The molecule has 0 aliphatic carbocycles. The van der Waals surface area contributed by atoms with Crippen molar-refractivity contribution in [1.29, 1.82) is 0 Å². The Balaban J connectivity index is 1.95. The zero-order valence-electron chi connectivity index (χ0n) is 14.2. The average molecular weight is 377 g/mol. The molecule has 6 heteroatoms. The molecule has 25 heavy (non-hydrogen) atoms. The molecule has 0 saturated carbocycles. The van der Waals surface area contributed by atoms with Crippen LogP contribution in [0.2, 0.25) is 10.0 Å². The maximum absolute atomic E-state index is 13.0. The van der Waals surface area contributed by atoms with Gasteiger partial charge in [0.1, 0.15) is 11.4 Å². The minimum Gasteiger partial charge on any atom is -0.496 e. The Morgan fingerprint density at radius 3 is 2.60 bits per heavy atom. The Labute approximate surface area is 156 Å². The van der Waals surface area contributed by atoms with Crippen molar-refractivity contribution >= 4 is 40.0 Å². The number of aryl methyl sites for hydroxylation is 1. The monoisotopic (exact) mass is 376 g/mol. The highest BCUT2D eigenvalue weighted by Crippen LogP contribution is 2.31. The van der Waals surface area contributed by atoms with Crippen molar-refractivity contribution in [2.45, 2.75) is 6.54 Å². The lowest BCUT2D eigenvalue weighted by Crippen LogP contribution is -2.28. The summed E-state index contributed by atoms with van der Waals surface area (Å²) >= 11 is 12.5. The molecular formula is C19H18Cl2N2O2. The zero-order chi connectivity index (χ0) is 18.1. The third-order valence-electron chi connectivity index (χ3n) is 4.24. The third kappa shape index (κ3) is 3.20. The van der Waals surface area contributed by atoms with Gasteiger partial charge in [-0.1, -0.05) is 41.4 Å². The minimum atomic E-state index is -0.161. The van der Waals surface area contributed by atoms with E-state index in [1.54, 1.807) is 37.3 Å². The van der Waals surface area contributed by atoms with Crippen molar-refractivity contribution in [2.24, 2.45) is 7.05 Å². The van der Waals surface area contributed by atoms with E-state index < -0.39 is 0 Å². The lowest BCUT2D eigenvalue weighted by atomic mass is 10.2. The van der Waals surface area contributed by atoms with Gasteiger partial charge in [0.15, 0.2) is 0 Å². The number of aromatic nitrogens is 1. The maximum Gasteiger partial charge on any atom is 0.272 e. The number of hydrogen-bond acceptors (Lipinski definition) is 2. The van der Waals surface area contributed by atoms with E-state index in [9.17, 15) is 4.79 Å². The first kappa shape index (κ1) is 17.6. The summed E-state index contributed by atoms with van der Waals surface area (Å²) in [6.07, 6.45) is 0. The van der Waals surface area contributed by atoms with E-state index in [2.05, 4.69) is 0 Å². The standard InChI is InChI=1S/C19H18Cl2N2O2/c1-22(11-12-10-13(20)8-9-16(12)25-3)19(24)18-17(21)14-6-4-5-7-15(14)23(18)2/h4-10H,11H2,1-3H3. The van der Waals surface area contributed by atoms with Crippen LogP contribution in [0.1, 0.15) is 16.1 Å². The summed E-state index contributed by atoms with van der Waals surface area (Å²) in [5.74, 6) is 0.526. The fourth-order valence-corrected chi connectivity index (χ4v) is 3.53. The van der Waals surface area contributed by atoms with Crippen molar-refractivity contribution in [3.63, 3.8) is 0 Å². The van der Waals surface area contributed by atoms with Crippen LogP contribution in [-0.4, -0.2) is 29.5 Å². The van der Waals surface area contributed by atoms with Gasteiger partial charge in [0.25, 0.3) is 5.91 Å². The number of hydrogen-bond donors (Lipinski definition) is 0. The second-order valence-electron chi connectivity index (χ2n) is 5.86. The summed E-state index contributed by atoms with van der Waals surface area (Å²) in [4.78, 5) is 14.6. The first-order chi connectivity index (χ1) is 11.9. The number of rotatable bonds is 4. The van der Waals surface area contributed by atoms with E-state index in [1.165, 1.54) is 0 Å². The van der Waals surface area contributed by atoms with Crippen LogP contribution in [0.5, 0.6) is 5.75 Å². The SMILES string of the molecule is COc1ccc(Cl)cc1CN(C)C(=O)c1c(Cl)c2ccccc2n1C. The van der Waals surface area contributed by atoms with Gasteiger partial charge in [0.05, 0.1) is 12.1 Å². The number of methoxy groups -OCH3 is 1. The summed E-state index contributed by atoms with van der Waals surface area (Å²) in [6, 6.07) is 13.0. The van der Waals surface area contributed by atoms with Crippen LogP contribution in [0.15, 0.2) is 42.5 Å². The molecule has 0 spiro atoms. The smallest absolute Gasteiger partial charge is 0.272 e. The molecule has 0 N–H and O–H groups in total. The summed E-state index contributed by atoms with van der Waals surface area (Å²) < 4.78 is 7.18. The minimum absolute atomic E-state index is 0.161. The maximum atomic E-state index is 13.0.